The first-order chi connectivity index (χ1) is 30.7. The average molecular weight is 844 g/mol. The minimum absolute atomic E-state index is 0.0674. The van der Waals surface area contributed by atoms with E-state index >= 15 is 0 Å². The van der Waals surface area contributed by atoms with Crippen LogP contribution >= 0.6 is 11.3 Å². The molecule has 1 aliphatic carbocycles. The van der Waals surface area contributed by atoms with E-state index < -0.39 is 0 Å². The largest absolute Gasteiger partial charge is 0.456 e. The van der Waals surface area contributed by atoms with Crippen LogP contribution in [0, 0.1) is 0 Å². The summed E-state index contributed by atoms with van der Waals surface area (Å²) in [5, 5.41) is 11.3. The standard InChI is InChI=1S/C59H48BN2OS/c1-57(2,3)32-17-20-34(21-18-32)61-48-31-54-44(37-22-19-33(58(4,5)6)25-53(37)64-54)26-41(48)38-23-24-39-42-29-52-43(36-14-10-12-16-51(36)63-52)28-49(42)62-50-27-40-35-13-9-11-15-45(35)59(7,8)46(40)30-47(50)60-55(38)56(39)62/h9-31,61H,1-8H3. The highest BCUT2D eigenvalue weighted by Gasteiger charge is 2.38. The second-order valence-electron chi connectivity index (χ2n) is 20.9. The van der Waals surface area contributed by atoms with Crippen LogP contribution in [0.5, 0.6) is 0 Å². The Labute approximate surface area is 378 Å². The predicted molar refractivity (Wildman–Crippen MR) is 276 cm³/mol. The van der Waals surface area contributed by atoms with E-state index in [1.165, 1.54) is 103 Å². The van der Waals surface area contributed by atoms with Crippen LogP contribution in [0.1, 0.15) is 77.6 Å². The average Bonchev–Trinajstić information content (AvgIpc) is 3.98. The zero-order valence-electron chi connectivity index (χ0n) is 37.6. The molecule has 1 radical (unpaired) electrons. The van der Waals surface area contributed by atoms with Crippen molar-refractivity contribution >= 4 is 105 Å². The molecule has 5 heteroatoms. The van der Waals surface area contributed by atoms with Crippen LogP contribution < -0.4 is 16.2 Å². The third kappa shape index (κ3) is 5.34. The second-order valence-corrected chi connectivity index (χ2v) is 22.0. The molecule has 8 aromatic carbocycles. The molecule has 309 valence electrons. The van der Waals surface area contributed by atoms with Gasteiger partial charge in [-0.25, -0.2) is 0 Å². The van der Waals surface area contributed by atoms with E-state index in [1.54, 1.807) is 0 Å². The van der Waals surface area contributed by atoms with Gasteiger partial charge in [-0.2, -0.15) is 0 Å². The SMILES string of the molecule is CC(C)(C)c1ccc(Nc2cc3sc4cc(C(C)(C)C)ccc4c3cc2-c2ccc3c4cc5oc6ccccc6c5cc4n4c3c2[B]c2cc3c(cc2-4)-c2ccccc2C3(C)C)cc1. The molecule has 2 aliphatic rings. The molecule has 3 aromatic heterocycles. The monoisotopic (exact) mass is 843 g/mol. The van der Waals surface area contributed by atoms with Crippen LogP contribution in [-0.2, 0) is 16.2 Å². The predicted octanol–water partition coefficient (Wildman–Crippen LogP) is 15.3. The summed E-state index contributed by atoms with van der Waals surface area (Å²) in [7, 11) is 2.48. The first-order valence-corrected chi connectivity index (χ1v) is 23.5. The van der Waals surface area contributed by atoms with Crippen molar-refractivity contribution in [2.75, 3.05) is 5.32 Å². The van der Waals surface area contributed by atoms with E-state index in [1.807, 2.05) is 11.3 Å². The van der Waals surface area contributed by atoms with Gasteiger partial charge in [-0.3, -0.25) is 0 Å². The zero-order valence-corrected chi connectivity index (χ0v) is 38.4. The minimum Gasteiger partial charge on any atom is -0.456 e. The highest BCUT2D eigenvalue weighted by molar-refractivity contribution is 7.25. The number of aromatic nitrogens is 1. The number of furan rings is 1. The van der Waals surface area contributed by atoms with Crippen molar-refractivity contribution in [2.24, 2.45) is 0 Å². The quantitative estimate of drug-likeness (QED) is 0.180. The van der Waals surface area contributed by atoms with Gasteiger partial charge in [0.15, 0.2) is 7.28 Å². The molecular formula is C59H48BN2OS. The normalized spacial score (nSPS) is 14.2. The van der Waals surface area contributed by atoms with Crippen LogP contribution in [0.25, 0.3) is 91.9 Å². The number of benzene rings is 8. The number of nitrogens with one attached hydrogen (secondary N) is 1. The smallest absolute Gasteiger partial charge is 0.197 e. The molecular weight excluding hydrogens is 796 g/mol. The number of hydrogen-bond donors (Lipinski definition) is 1. The lowest BCUT2D eigenvalue weighted by molar-refractivity contribution is 0.590. The number of nitrogens with zero attached hydrogens (tertiary/aromatic N) is 1. The summed E-state index contributed by atoms with van der Waals surface area (Å²) in [5.41, 5.74) is 20.6. The van der Waals surface area contributed by atoms with Gasteiger partial charge in [0.1, 0.15) is 11.2 Å². The number of rotatable bonds is 3. The Morgan fingerprint density at radius 3 is 2.09 bits per heavy atom. The van der Waals surface area contributed by atoms with Crippen LogP contribution in [0.2, 0.25) is 0 Å². The third-order valence-corrected chi connectivity index (χ3v) is 15.7. The molecule has 0 amide bonds. The summed E-state index contributed by atoms with van der Waals surface area (Å²) in [6.45, 7) is 18.5. The molecule has 0 unspecified atom stereocenters. The molecule has 0 spiro atoms. The molecule has 0 saturated heterocycles. The van der Waals surface area contributed by atoms with E-state index in [2.05, 4.69) is 212 Å². The Morgan fingerprint density at radius 1 is 0.547 bits per heavy atom. The van der Waals surface area contributed by atoms with Crippen molar-refractivity contribution in [3.63, 3.8) is 0 Å². The molecule has 0 saturated carbocycles. The molecule has 64 heavy (non-hydrogen) atoms. The van der Waals surface area contributed by atoms with Gasteiger partial charge in [-0.05, 0) is 110 Å². The summed E-state index contributed by atoms with van der Waals surface area (Å²) >= 11 is 1.89. The highest BCUT2D eigenvalue weighted by Crippen LogP contribution is 2.50. The topological polar surface area (TPSA) is 30.1 Å². The van der Waals surface area contributed by atoms with Crippen molar-refractivity contribution in [2.45, 2.75) is 71.6 Å². The number of hydrogen-bond acceptors (Lipinski definition) is 3. The molecule has 1 N–H and O–H groups in total. The summed E-state index contributed by atoms with van der Waals surface area (Å²) in [5.74, 6) is 0. The van der Waals surface area contributed by atoms with Crippen molar-refractivity contribution in [3.05, 3.63) is 162 Å². The maximum Gasteiger partial charge on any atom is 0.197 e. The van der Waals surface area contributed by atoms with Gasteiger partial charge >= 0.3 is 0 Å². The number of thiophene rings is 1. The van der Waals surface area contributed by atoms with Gasteiger partial charge < -0.3 is 14.3 Å². The second kappa shape index (κ2) is 12.8. The Morgan fingerprint density at radius 2 is 1.28 bits per heavy atom. The fourth-order valence-corrected chi connectivity index (χ4v) is 12.2. The van der Waals surface area contributed by atoms with Crippen LogP contribution in [-0.4, -0.2) is 11.8 Å². The summed E-state index contributed by atoms with van der Waals surface area (Å²) in [4.78, 5) is 0. The molecule has 0 bridgehead atoms. The van der Waals surface area contributed by atoms with Gasteiger partial charge in [0.2, 0.25) is 0 Å². The summed E-state index contributed by atoms with van der Waals surface area (Å²) < 4.78 is 11.7. The van der Waals surface area contributed by atoms with E-state index in [9.17, 15) is 0 Å². The van der Waals surface area contributed by atoms with Gasteiger partial charge in [0, 0.05) is 75.3 Å². The summed E-state index contributed by atoms with van der Waals surface area (Å²) in [6, 6.07) is 52.8. The number of para-hydroxylation sites is 1. The Hall–Kier alpha value is -6.56. The Balaban J connectivity index is 1.10. The Kier molecular flexibility index (Phi) is 7.59. The zero-order chi connectivity index (χ0) is 43.6. The van der Waals surface area contributed by atoms with E-state index in [0.717, 1.165) is 33.3 Å². The first kappa shape index (κ1) is 38.0. The number of fused-ring (bicyclic) bond motifs is 14. The van der Waals surface area contributed by atoms with E-state index in [0.29, 0.717) is 0 Å². The van der Waals surface area contributed by atoms with Crippen LogP contribution in [0.4, 0.5) is 11.4 Å². The number of anilines is 2. The highest BCUT2D eigenvalue weighted by atomic mass is 32.1. The molecule has 3 nitrogen and oxygen atoms in total. The Bertz CT molecular complexity index is 3830. The van der Waals surface area contributed by atoms with Gasteiger partial charge in [0.05, 0.1) is 5.52 Å². The lowest BCUT2D eigenvalue weighted by Crippen LogP contribution is -2.38. The summed E-state index contributed by atoms with van der Waals surface area (Å²) in [6.07, 6.45) is 0. The fraction of sp³-hybridized carbons (Fsp3) is 0.186. The lowest BCUT2D eigenvalue weighted by Gasteiger charge is -2.27. The van der Waals surface area contributed by atoms with Gasteiger partial charge in [0.25, 0.3) is 0 Å². The molecule has 13 rings (SSSR count). The van der Waals surface area contributed by atoms with Crippen molar-refractivity contribution < 1.29 is 4.42 Å². The lowest BCUT2D eigenvalue weighted by atomic mass is 9.58. The van der Waals surface area contributed by atoms with Crippen molar-refractivity contribution in [1.29, 1.82) is 0 Å². The molecule has 0 fully saturated rings. The minimum atomic E-state index is -0.123. The van der Waals surface area contributed by atoms with Crippen LogP contribution in [0.15, 0.2) is 144 Å². The maximum atomic E-state index is 6.55. The van der Waals surface area contributed by atoms with Gasteiger partial charge in [-0.15, -0.1) is 11.3 Å². The van der Waals surface area contributed by atoms with Crippen LogP contribution in [0.3, 0.4) is 0 Å². The maximum absolute atomic E-state index is 6.55. The van der Waals surface area contributed by atoms with Crippen molar-refractivity contribution in [3.8, 4) is 27.9 Å². The van der Waals surface area contributed by atoms with Crippen molar-refractivity contribution in [1.82, 2.24) is 4.57 Å². The van der Waals surface area contributed by atoms with E-state index in [4.69, 9.17) is 4.42 Å². The van der Waals surface area contributed by atoms with Gasteiger partial charge in [-0.1, -0.05) is 146 Å². The molecule has 11 aromatic rings. The third-order valence-electron chi connectivity index (χ3n) is 14.5. The first-order valence-electron chi connectivity index (χ1n) is 22.7. The fourth-order valence-electron chi connectivity index (χ4n) is 11.0. The molecule has 4 heterocycles. The molecule has 0 atom stereocenters. The molecule has 1 aliphatic heterocycles. The van der Waals surface area contributed by atoms with E-state index in [-0.39, 0.29) is 16.2 Å².